The largest absolute Gasteiger partial charge is 0.376 e. The van der Waals surface area contributed by atoms with E-state index in [4.69, 9.17) is 4.74 Å². The molecule has 1 fully saturated rings. The minimum absolute atomic E-state index is 0.0599. The lowest BCUT2D eigenvalue weighted by atomic mass is 10.2. The third kappa shape index (κ3) is 5.54. The van der Waals surface area contributed by atoms with E-state index in [1.54, 1.807) is 6.07 Å². The van der Waals surface area contributed by atoms with Crippen molar-refractivity contribution in [1.29, 1.82) is 0 Å². The molecule has 2 heterocycles. The van der Waals surface area contributed by atoms with Crippen LogP contribution < -0.4 is 15.5 Å². The van der Waals surface area contributed by atoms with Gasteiger partial charge in [0, 0.05) is 49.4 Å². The van der Waals surface area contributed by atoms with Crippen molar-refractivity contribution >= 4 is 23.2 Å². The average molecular weight is 396 g/mol. The maximum atomic E-state index is 12.6. The fraction of sp³-hybridized carbons (Fsp3) is 0.409. The van der Waals surface area contributed by atoms with Crippen molar-refractivity contribution in [1.82, 2.24) is 10.3 Å². The number of ether oxygens (including phenoxy) is 1. The van der Waals surface area contributed by atoms with Gasteiger partial charge in [0.25, 0.3) is 11.8 Å². The molecule has 7 nitrogen and oxygen atoms in total. The van der Waals surface area contributed by atoms with Crippen LogP contribution in [0.15, 0.2) is 42.6 Å². The quantitative estimate of drug-likeness (QED) is 0.716. The summed E-state index contributed by atoms with van der Waals surface area (Å²) >= 11 is 0. The van der Waals surface area contributed by atoms with Crippen LogP contribution in [0.4, 0.5) is 11.4 Å². The lowest BCUT2D eigenvalue weighted by molar-refractivity contribution is 0.0853. The van der Waals surface area contributed by atoms with E-state index in [-0.39, 0.29) is 23.6 Å². The van der Waals surface area contributed by atoms with E-state index in [2.05, 4.69) is 34.4 Å². The van der Waals surface area contributed by atoms with Gasteiger partial charge in [-0.2, -0.15) is 0 Å². The Morgan fingerprint density at radius 3 is 2.55 bits per heavy atom. The standard InChI is InChI=1S/C22H28N4O3/c1-3-26(4-2)18-9-7-17(8-10-18)25-21(27)16-11-12-23-20(14-16)22(28)24-15-19-6-5-13-29-19/h7-12,14,19H,3-6,13,15H2,1-2H3,(H,24,28)(H,25,27). The number of nitrogens with zero attached hydrogens (tertiary/aromatic N) is 2. The molecule has 0 radical (unpaired) electrons. The number of pyridine rings is 1. The van der Waals surface area contributed by atoms with Crippen molar-refractivity contribution in [3.8, 4) is 0 Å². The predicted molar refractivity (Wildman–Crippen MR) is 114 cm³/mol. The van der Waals surface area contributed by atoms with Crippen LogP contribution in [-0.4, -0.2) is 49.1 Å². The van der Waals surface area contributed by atoms with E-state index >= 15 is 0 Å². The Labute approximate surface area is 171 Å². The number of rotatable bonds is 8. The maximum absolute atomic E-state index is 12.6. The highest BCUT2D eigenvalue weighted by atomic mass is 16.5. The van der Waals surface area contributed by atoms with Crippen molar-refractivity contribution in [3.63, 3.8) is 0 Å². The molecule has 2 amide bonds. The molecule has 2 aromatic rings. The van der Waals surface area contributed by atoms with Gasteiger partial charge in [-0.15, -0.1) is 0 Å². The number of hydrogen-bond donors (Lipinski definition) is 2. The number of benzene rings is 1. The molecular weight excluding hydrogens is 368 g/mol. The average Bonchev–Trinajstić information content (AvgIpc) is 3.28. The molecule has 1 aliphatic heterocycles. The van der Waals surface area contributed by atoms with Crippen molar-refractivity contribution in [2.45, 2.75) is 32.8 Å². The number of aromatic nitrogens is 1. The van der Waals surface area contributed by atoms with E-state index in [0.717, 1.165) is 38.2 Å². The summed E-state index contributed by atoms with van der Waals surface area (Å²) in [5.74, 6) is -0.588. The van der Waals surface area contributed by atoms with Crippen LogP contribution in [0.2, 0.25) is 0 Å². The van der Waals surface area contributed by atoms with Crippen LogP contribution in [0, 0.1) is 0 Å². The van der Waals surface area contributed by atoms with Gasteiger partial charge in [0.1, 0.15) is 5.69 Å². The van der Waals surface area contributed by atoms with Crippen molar-refractivity contribution in [2.75, 3.05) is 36.5 Å². The van der Waals surface area contributed by atoms with Crippen LogP contribution in [0.25, 0.3) is 0 Å². The molecule has 1 aromatic carbocycles. The van der Waals surface area contributed by atoms with E-state index in [1.807, 2.05) is 24.3 Å². The molecular formula is C22H28N4O3. The minimum Gasteiger partial charge on any atom is -0.376 e. The number of carbonyl (C=O) groups is 2. The van der Waals surface area contributed by atoms with Gasteiger partial charge in [-0.3, -0.25) is 14.6 Å². The fourth-order valence-corrected chi connectivity index (χ4v) is 3.35. The minimum atomic E-state index is -0.307. The first-order chi connectivity index (χ1) is 14.1. The molecule has 0 aliphatic carbocycles. The Balaban J connectivity index is 1.60. The summed E-state index contributed by atoms with van der Waals surface area (Å²) in [6, 6.07) is 10.8. The van der Waals surface area contributed by atoms with Crippen LogP contribution >= 0.6 is 0 Å². The zero-order chi connectivity index (χ0) is 20.6. The highest BCUT2D eigenvalue weighted by Crippen LogP contribution is 2.18. The Kier molecular flexibility index (Phi) is 7.19. The molecule has 1 unspecified atom stereocenters. The van der Waals surface area contributed by atoms with Gasteiger partial charge in [-0.25, -0.2) is 0 Å². The number of anilines is 2. The van der Waals surface area contributed by atoms with Crippen LogP contribution in [0.3, 0.4) is 0 Å². The van der Waals surface area contributed by atoms with Gasteiger partial charge >= 0.3 is 0 Å². The Morgan fingerprint density at radius 2 is 1.90 bits per heavy atom. The Bertz CT molecular complexity index is 828. The van der Waals surface area contributed by atoms with Gasteiger partial charge < -0.3 is 20.3 Å². The Hall–Kier alpha value is -2.93. The summed E-state index contributed by atoms with van der Waals surface area (Å²) in [5.41, 5.74) is 2.41. The summed E-state index contributed by atoms with van der Waals surface area (Å²) in [6.45, 7) is 7.27. The number of carbonyl (C=O) groups excluding carboxylic acids is 2. The lowest BCUT2D eigenvalue weighted by Gasteiger charge is -2.21. The molecule has 154 valence electrons. The van der Waals surface area contributed by atoms with E-state index in [0.29, 0.717) is 17.8 Å². The first kappa shape index (κ1) is 20.8. The van der Waals surface area contributed by atoms with Crippen LogP contribution in [0.5, 0.6) is 0 Å². The summed E-state index contributed by atoms with van der Waals surface area (Å²) in [5, 5.41) is 5.69. The lowest BCUT2D eigenvalue weighted by Crippen LogP contribution is -2.32. The second kappa shape index (κ2) is 10.0. The van der Waals surface area contributed by atoms with Crippen molar-refractivity contribution in [2.24, 2.45) is 0 Å². The fourth-order valence-electron chi connectivity index (χ4n) is 3.35. The van der Waals surface area contributed by atoms with Crippen LogP contribution in [0.1, 0.15) is 47.5 Å². The third-order valence-corrected chi connectivity index (χ3v) is 5.02. The van der Waals surface area contributed by atoms with E-state index < -0.39 is 0 Å². The summed E-state index contributed by atoms with van der Waals surface area (Å²) in [7, 11) is 0. The molecule has 0 saturated carbocycles. The topological polar surface area (TPSA) is 83.6 Å². The summed E-state index contributed by atoms with van der Waals surface area (Å²) < 4.78 is 5.50. The zero-order valence-electron chi connectivity index (χ0n) is 17.0. The second-order valence-electron chi connectivity index (χ2n) is 6.95. The predicted octanol–water partition coefficient (Wildman–Crippen LogP) is 3.09. The zero-order valence-corrected chi connectivity index (χ0v) is 17.0. The molecule has 0 spiro atoms. The second-order valence-corrected chi connectivity index (χ2v) is 6.95. The molecule has 1 aliphatic rings. The van der Waals surface area contributed by atoms with Gasteiger partial charge in [0.05, 0.1) is 6.10 Å². The smallest absolute Gasteiger partial charge is 0.269 e. The molecule has 2 N–H and O–H groups in total. The highest BCUT2D eigenvalue weighted by Gasteiger charge is 2.18. The molecule has 1 saturated heterocycles. The van der Waals surface area contributed by atoms with Gasteiger partial charge in [0.2, 0.25) is 0 Å². The molecule has 1 aromatic heterocycles. The highest BCUT2D eigenvalue weighted by molar-refractivity contribution is 6.05. The van der Waals surface area contributed by atoms with Crippen LogP contribution in [-0.2, 0) is 4.74 Å². The van der Waals surface area contributed by atoms with Gasteiger partial charge in [0.15, 0.2) is 0 Å². The molecule has 0 bridgehead atoms. The number of amides is 2. The van der Waals surface area contributed by atoms with E-state index in [1.165, 1.54) is 12.3 Å². The maximum Gasteiger partial charge on any atom is 0.269 e. The Morgan fingerprint density at radius 1 is 1.14 bits per heavy atom. The monoisotopic (exact) mass is 396 g/mol. The van der Waals surface area contributed by atoms with Crippen molar-refractivity contribution in [3.05, 3.63) is 53.9 Å². The summed E-state index contributed by atoms with van der Waals surface area (Å²) in [4.78, 5) is 31.2. The third-order valence-electron chi connectivity index (χ3n) is 5.02. The molecule has 29 heavy (non-hydrogen) atoms. The van der Waals surface area contributed by atoms with E-state index in [9.17, 15) is 9.59 Å². The number of nitrogens with one attached hydrogen (secondary N) is 2. The van der Waals surface area contributed by atoms with Crippen molar-refractivity contribution < 1.29 is 14.3 Å². The first-order valence-electron chi connectivity index (χ1n) is 10.1. The summed E-state index contributed by atoms with van der Waals surface area (Å²) in [6.07, 6.45) is 3.50. The molecule has 1 atom stereocenters. The first-order valence-corrected chi connectivity index (χ1v) is 10.1. The number of hydrogen-bond acceptors (Lipinski definition) is 5. The normalized spacial score (nSPS) is 15.7. The molecule has 3 rings (SSSR count). The SMILES string of the molecule is CCN(CC)c1ccc(NC(=O)c2ccnc(C(=O)NCC3CCCO3)c2)cc1. The van der Waals surface area contributed by atoms with Gasteiger partial charge in [-0.1, -0.05) is 0 Å². The molecule has 7 heteroatoms. The van der Waals surface area contributed by atoms with Gasteiger partial charge in [-0.05, 0) is 63.1 Å².